The van der Waals surface area contributed by atoms with Crippen molar-refractivity contribution in [2.24, 2.45) is 0 Å². The highest BCUT2D eigenvalue weighted by Crippen LogP contribution is 2.21. The Bertz CT molecular complexity index is 798. The highest BCUT2D eigenvalue weighted by molar-refractivity contribution is 5.93. The number of ether oxygens (including phenoxy) is 2. The van der Waals surface area contributed by atoms with Gasteiger partial charge in [0.1, 0.15) is 5.75 Å². The lowest BCUT2D eigenvalue weighted by molar-refractivity contribution is -0.149. The standard InChI is InChI=1S/C22H26N2O4/c1-17-7-3-4-8-20(17)27-16-22(26)28-15-21(25)23-18-9-11-19(12-10-18)24-13-5-2-6-14-24/h3-4,7-12H,2,5-6,13-16H2,1H3,(H,23,25). The first-order chi connectivity index (χ1) is 13.6. The van der Waals surface area contributed by atoms with Crippen LogP contribution in [0.2, 0.25) is 0 Å². The van der Waals surface area contributed by atoms with E-state index in [4.69, 9.17) is 9.47 Å². The highest BCUT2D eigenvalue weighted by atomic mass is 16.6. The summed E-state index contributed by atoms with van der Waals surface area (Å²) in [6.45, 7) is 3.47. The Hall–Kier alpha value is -3.02. The molecule has 2 aromatic rings. The molecular weight excluding hydrogens is 356 g/mol. The molecule has 1 heterocycles. The Morgan fingerprint density at radius 2 is 1.68 bits per heavy atom. The molecule has 0 saturated carbocycles. The summed E-state index contributed by atoms with van der Waals surface area (Å²) in [5, 5.41) is 2.73. The van der Waals surface area contributed by atoms with Crippen LogP contribution >= 0.6 is 0 Å². The normalized spacial score (nSPS) is 13.7. The van der Waals surface area contributed by atoms with Crippen molar-refractivity contribution in [1.82, 2.24) is 0 Å². The number of amides is 1. The topological polar surface area (TPSA) is 67.9 Å². The Morgan fingerprint density at radius 3 is 2.39 bits per heavy atom. The molecule has 1 aliphatic heterocycles. The van der Waals surface area contributed by atoms with E-state index in [1.54, 1.807) is 6.07 Å². The van der Waals surface area contributed by atoms with Gasteiger partial charge in [0, 0.05) is 24.5 Å². The lowest BCUT2D eigenvalue weighted by Crippen LogP contribution is -2.29. The first-order valence-electron chi connectivity index (χ1n) is 9.61. The van der Waals surface area contributed by atoms with Gasteiger partial charge in [-0.1, -0.05) is 18.2 Å². The number of rotatable bonds is 7. The lowest BCUT2D eigenvalue weighted by atomic mass is 10.1. The third-order valence-corrected chi connectivity index (χ3v) is 4.68. The maximum Gasteiger partial charge on any atom is 0.344 e. The molecule has 1 N–H and O–H groups in total. The Kier molecular flexibility index (Phi) is 6.89. The van der Waals surface area contributed by atoms with Gasteiger partial charge in [-0.2, -0.15) is 0 Å². The molecule has 0 atom stereocenters. The van der Waals surface area contributed by atoms with Crippen molar-refractivity contribution in [3.8, 4) is 5.75 Å². The fourth-order valence-corrected chi connectivity index (χ4v) is 3.15. The number of hydrogen-bond donors (Lipinski definition) is 1. The van der Waals surface area contributed by atoms with Crippen molar-refractivity contribution in [3.05, 3.63) is 54.1 Å². The largest absolute Gasteiger partial charge is 0.482 e. The molecule has 6 heteroatoms. The number of carbonyl (C=O) groups excluding carboxylic acids is 2. The van der Waals surface area contributed by atoms with Crippen LogP contribution in [-0.4, -0.2) is 38.2 Å². The maximum atomic E-state index is 12.0. The number of nitrogens with one attached hydrogen (secondary N) is 1. The number of aryl methyl sites for hydroxylation is 1. The molecule has 1 saturated heterocycles. The van der Waals surface area contributed by atoms with Crippen molar-refractivity contribution in [2.75, 3.05) is 36.5 Å². The number of nitrogens with zero attached hydrogens (tertiary/aromatic N) is 1. The van der Waals surface area contributed by atoms with Crippen LogP contribution in [0, 0.1) is 6.92 Å². The van der Waals surface area contributed by atoms with Gasteiger partial charge in [0.2, 0.25) is 0 Å². The van der Waals surface area contributed by atoms with E-state index < -0.39 is 5.97 Å². The van der Waals surface area contributed by atoms with Crippen LogP contribution < -0.4 is 15.0 Å². The number of piperidine rings is 1. The number of carbonyl (C=O) groups is 2. The third-order valence-electron chi connectivity index (χ3n) is 4.68. The summed E-state index contributed by atoms with van der Waals surface area (Å²) in [5.74, 6) is -0.341. The highest BCUT2D eigenvalue weighted by Gasteiger charge is 2.12. The predicted octanol–water partition coefficient (Wildman–Crippen LogP) is 3.55. The fraction of sp³-hybridized carbons (Fsp3) is 0.364. The minimum Gasteiger partial charge on any atom is -0.482 e. The second kappa shape index (κ2) is 9.78. The van der Waals surface area contributed by atoms with E-state index in [0.29, 0.717) is 11.4 Å². The average Bonchev–Trinajstić information content (AvgIpc) is 2.73. The van der Waals surface area contributed by atoms with Crippen LogP contribution in [0.5, 0.6) is 5.75 Å². The van der Waals surface area contributed by atoms with E-state index in [9.17, 15) is 9.59 Å². The molecule has 3 rings (SSSR count). The number of esters is 1. The van der Waals surface area contributed by atoms with Crippen LogP contribution in [0.4, 0.5) is 11.4 Å². The quantitative estimate of drug-likeness (QED) is 0.742. The minimum atomic E-state index is -0.584. The van der Waals surface area contributed by atoms with Gasteiger partial charge in [-0.15, -0.1) is 0 Å². The lowest BCUT2D eigenvalue weighted by Gasteiger charge is -2.28. The average molecular weight is 382 g/mol. The molecule has 2 aromatic carbocycles. The van der Waals surface area contributed by atoms with Gasteiger partial charge < -0.3 is 19.7 Å². The Labute approximate surface area is 165 Å². The monoisotopic (exact) mass is 382 g/mol. The summed E-state index contributed by atoms with van der Waals surface area (Å²) in [5.41, 5.74) is 2.77. The third kappa shape index (κ3) is 5.74. The molecular formula is C22H26N2O4. The smallest absolute Gasteiger partial charge is 0.344 e. The summed E-state index contributed by atoms with van der Waals surface area (Å²) in [6, 6.07) is 15.1. The summed E-state index contributed by atoms with van der Waals surface area (Å²) in [4.78, 5) is 26.1. The summed E-state index contributed by atoms with van der Waals surface area (Å²) in [7, 11) is 0. The van der Waals surface area contributed by atoms with E-state index in [2.05, 4.69) is 10.2 Å². The molecule has 0 spiro atoms. The van der Waals surface area contributed by atoms with Gasteiger partial charge in [-0.05, 0) is 62.1 Å². The maximum absolute atomic E-state index is 12.0. The van der Waals surface area contributed by atoms with Crippen LogP contribution in [0.25, 0.3) is 0 Å². The van der Waals surface area contributed by atoms with Gasteiger partial charge in [0.15, 0.2) is 13.2 Å². The molecule has 6 nitrogen and oxygen atoms in total. The van der Waals surface area contributed by atoms with Crippen molar-refractivity contribution in [2.45, 2.75) is 26.2 Å². The van der Waals surface area contributed by atoms with Gasteiger partial charge >= 0.3 is 5.97 Å². The summed E-state index contributed by atoms with van der Waals surface area (Å²) in [6.07, 6.45) is 3.73. The molecule has 1 aliphatic rings. The van der Waals surface area contributed by atoms with Crippen LogP contribution in [0.1, 0.15) is 24.8 Å². The molecule has 1 fully saturated rings. The van der Waals surface area contributed by atoms with Crippen LogP contribution in [0.3, 0.4) is 0 Å². The molecule has 148 valence electrons. The van der Waals surface area contributed by atoms with Gasteiger partial charge in [-0.3, -0.25) is 4.79 Å². The molecule has 0 aromatic heterocycles. The second-order valence-corrected chi connectivity index (χ2v) is 6.86. The number of anilines is 2. The van der Waals surface area contributed by atoms with Crippen molar-refractivity contribution < 1.29 is 19.1 Å². The molecule has 28 heavy (non-hydrogen) atoms. The van der Waals surface area contributed by atoms with Crippen LogP contribution in [0.15, 0.2) is 48.5 Å². The van der Waals surface area contributed by atoms with Crippen molar-refractivity contribution in [3.63, 3.8) is 0 Å². The van der Waals surface area contributed by atoms with Gasteiger partial charge in [0.05, 0.1) is 0 Å². The molecule has 0 unspecified atom stereocenters. The first-order valence-corrected chi connectivity index (χ1v) is 9.61. The summed E-state index contributed by atoms with van der Waals surface area (Å²) >= 11 is 0. The molecule has 1 amide bonds. The zero-order valence-electron chi connectivity index (χ0n) is 16.1. The second-order valence-electron chi connectivity index (χ2n) is 6.86. The van der Waals surface area contributed by atoms with Crippen molar-refractivity contribution >= 4 is 23.3 Å². The SMILES string of the molecule is Cc1ccccc1OCC(=O)OCC(=O)Nc1ccc(N2CCCCC2)cc1. The van der Waals surface area contributed by atoms with Gasteiger partial charge in [-0.25, -0.2) is 4.79 Å². The zero-order valence-corrected chi connectivity index (χ0v) is 16.1. The van der Waals surface area contributed by atoms with Crippen molar-refractivity contribution in [1.29, 1.82) is 0 Å². The Balaban J connectivity index is 1.40. The molecule has 0 aliphatic carbocycles. The van der Waals surface area contributed by atoms with E-state index in [1.165, 1.54) is 19.3 Å². The molecule has 0 radical (unpaired) electrons. The number of benzene rings is 2. The van der Waals surface area contributed by atoms with E-state index in [-0.39, 0.29) is 19.1 Å². The fourth-order valence-electron chi connectivity index (χ4n) is 3.15. The predicted molar refractivity (Wildman–Crippen MR) is 109 cm³/mol. The number of para-hydroxylation sites is 1. The van der Waals surface area contributed by atoms with Crippen LogP contribution in [-0.2, 0) is 14.3 Å². The number of hydrogen-bond acceptors (Lipinski definition) is 5. The van der Waals surface area contributed by atoms with E-state index >= 15 is 0 Å². The van der Waals surface area contributed by atoms with Gasteiger partial charge in [0.25, 0.3) is 5.91 Å². The zero-order chi connectivity index (χ0) is 19.8. The summed E-state index contributed by atoms with van der Waals surface area (Å²) < 4.78 is 10.4. The van der Waals surface area contributed by atoms with E-state index in [1.807, 2.05) is 49.4 Å². The first kappa shape index (κ1) is 19.7. The molecule has 0 bridgehead atoms. The minimum absolute atomic E-state index is 0.233. The Morgan fingerprint density at radius 1 is 0.964 bits per heavy atom. The van der Waals surface area contributed by atoms with E-state index in [0.717, 1.165) is 24.3 Å².